The third-order valence-electron chi connectivity index (χ3n) is 14.1. The summed E-state index contributed by atoms with van der Waals surface area (Å²) in [6, 6.07) is -4.71. The molecular weight excluding hydrogens is 1010 g/mol. The molecule has 76 heavy (non-hydrogen) atoms. The van der Waals surface area contributed by atoms with E-state index in [1.165, 1.54) is 28.4 Å². The number of carbonyl (C=O) groups is 5. The van der Waals surface area contributed by atoms with Gasteiger partial charge in [-0.15, -0.1) is 0 Å². The van der Waals surface area contributed by atoms with Crippen molar-refractivity contribution in [3.63, 3.8) is 0 Å². The number of carbonyl (C=O) groups excluding carboxylic acids is 4. The van der Waals surface area contributed by atoms with Crippen molar-refractivity contribution in [3.05, 3.63) is 0 Å². The summed E-state index contributed by atoms with van der Waals surface area (Å²) >= 11 is 0. The highest BCUT2D eigenvalue weighted by molar-refractivity contribution is 5.83. The molecule has 0 aromatic heterocycles. The summed E-state index contributed by atoms with van der Waals surface area (Å²) in [5.41, 5.74) is -0.912. The zero-order valence-electron chi connectivity index (χ0n) is 45.8. The van der Waals surface area contributed by atoms with Crippen molar-refractivity contribution in [1.82, 2.24) is 21.3 Å². The van der Waals surface area contributed by atoms with Gasteiger partial charge in [0.05, 0.1) is 30.6 Å². The van der Waals surface area contributed by atoms with Crippen LogP contribution in [-0.2, 0) is 99.7 Å². The molecule has 432 valence electrons. The van der Waals surface area contributed by atoms with E-state index in [2.05, 4.69) is 21.3 Å². The molecule has 0 aliphatic carbocycles. The maximum absolute atomic E-state index is 14.8. The van der Waals surface area contributed by atoms with Gasteiger partial charge >= 0.3 is 12.1 Å². The highest BCUT2D eigenvalue weighted by Gasteiger charge is 2.62. The van der Waals surface area contributed by atoms with Gasteiger partial charge in [0.25, 0.3) is 0 Å². The number of amides is 4. The summed E-state index contributed by atoms with van der Waals surface area (Å²) in [4.78, 5) is 69.6. The minimum absolute atomic E-state index is 0.445. The standard InChI is InChI=1S/C49H78N4O23/c1-45(2,3)76-44(59)53-22(30-34(62-14)38-42(66-30)74-48(8,9)70-38)18-26(56)51-20(28-32(60-12)36-40(64-28)72-46(4,5)68-36)16-24(54)50-21(29-33(61-13)37-41(65-29)73-47(6,7)69-37)17-25(55)52-23(19-27(57)58)31-35(63-15)39-43(67-31)75-49(10,11)71-39/h20-23,28-43H,16-19H2,1-15H3,(H,50,54)(H,51,56)(H,52,55)(H,53,59)(H,57,58)/t20?,21?,22?,23?,28-,29+,30+,31-,32+,33+,34+,35+,36-,37-,38-,39-,40-,41-,42-,43-/m1/s1. The fraction of sp³-hybridized carbons (Fsp3) is 0.898. The molecule has 8 fully saturated rings. The smallest absolute Gasteiger partial charge is 0.407 e. The number of nitrogens with one attached hydrogen (secondary N) is 4. The first-order valence-electron chi connectivity index (χ1n) is 25.7. The lowest BCUT2D eigenvalue weighted by molar-refractivity contribution is -0.221. The van der Waals surface area contributed by atoms with Gasteiger partial charge in [-0.2, -0.15) is 0 Å². The van der Waals surface area contributed by atoms with E-state index in [4.69, 9.17) is 80.5 Å². The number of alkyl carbamates (subject to hydrolysis) is 1. The number of aliphatic carboxylic acids is 1. The summed E-state index contributed by atoms with van der Waals surface area (Å²) < 4.78 is 103. The molecule has 0 radical (unpaired) electrons. The summed E-state index contributed by atoms with van der Waals surface area (Å²) in [6.45, 7) is 18.7. The Bertz CT molecular complexity index is 2120. The average molecular weight is 1090 g/mol. The summed E-state index contributed by atoms with van der Waals surface area (Å²) in [5, 5.41) is 21.5. The molecule has 0 saturated carbocycles. The fourth-order valence-electron chi connectivity index (χ4n) is 11.4. The SMILES string of the molecule is CO[C@@H]1[C@H]2OC(C)(C)O[C@H]2O[C@@H]1C(CC(=O)O)NC(=O)CC(NC(=O)CC(NC(=O)CC(NC(=O)OC(C)(C)C)[C@@H]1O[C@@H]2OC(C)(C)O[C@@H]2[C@H]1OC)[C@H]1O[C@@H]2OC(C)(C)O[C@@H]2[C@H]1OC)[C@@H]1O[C@@H]2OC(C)(C)O[C@@H]2[C@H]1OC. The Balaban J connectivity index is 1.05. The Morgan fingerprint density at radius 1 is 0.434 bits per heavy atom. The Labute approximate surface area is 441 Å². The van der Waals surface area contributed by atoms with Gasteiger partial charge in [-0.1, -0.05) is 0 Å². The van der Waals surface area contributed by atoms with Crippen LogP contribution in [0.1, 0.15) is 102 Å². The van der Waals surface area contributed by atoms with Crippen molar-refractivity contribution in [2.24, 2.45) is 0 Å². The number of carboxylic acids is 1. The molecule has 0 bridgehead atoms. The van der Waals surface area contributed by atoms with E-state index in [1.807, 2.05) is 0 Å². The van der Waals surface area contributed by atoms with Crippen LogP contribution < -0.4 is 21.3 Å². The van der Waals surface area contributed by atoms with Crippen LogP contribution in [0.25, 0.3) is 0 Å². The molecule has 8 heterocycles. The number of hydrogen-bond donors (Lipinski definition) is 5. The molecule has 20 atom stereocenters. The number of ether oxygens (including phenoxy) is 17. The monoisotopic (exact) mass is 1090 g/mol. The lowest BCUT2D eigenvalue weighted by Crippen LogP contribution is -2.57. The summed E-state index contributed by atoms with van der Waals surface area (Å²) in [7, 11) is 5.71. The summed E-state index contributed by atoms with van der Waals surface area (Å²) in [6.07, 6.45) is -17.3. The topological polar surface area (TPSA) is 311 Å². The minimum atomic E-state index is -1.24. The van der Waals surface area contributed by atoms with Gasteiger partial charge in [-0.25, -0.2) is 4.79 Å². The first-order chi connectivity index (χ1) is 35.4. The summed E-state index contributed by atoms with van der Waals surface area (Å²) in [5.74, 6) is -7.48. The van der Waals surface area contributed by atoms with E-state index in [-0.39, 0.29) is 0 Å². The van der Waals surface area contributed by atoms with E-state index in [0.29, 0.717) is 0 Å². The van der Waals surface area contributed by atoms with E-state index in [0.717, 1.165) is 0 Å². The molecule has 8 aliphatic rings. The van der Waals surface area contributed by atoms with Crippen LogP contribution in [0.5, 0.6) is 0 Å². The molecule has 27 heteroatoms. The molecule has 4 amide bonds. The van der Waals surface area contributed by atoms with Gasteiger partial charge < -0.3 is 107 Å². The van der Waals surface area contributed by atoms with Crippen molar-refractivity contribution >= 4 is 29.8 Å². The quantitative estimate of drug-likeness (QED) is 0.111. The van der Waals surface area contributed by atoms with Crippen molar-refractivity contribution in [3.8, 4) is 0 Å². The second-order valence-electron chi connectivity index (χ2n) is 23.1. The predicted molar refractivity (Wildman–Crippen MR) is 253 cm³/mol. The molecule has 8 aliphatic heterocycles. The molecule has 4 unspecified atom stereocenters. The van der Waals surface area contributed by atoms with E-state index in [9.17, 15) is 29.1 Å². The molecule has 8 rings (SSSR count). The largest absolute Gasteiger partial charge is 0.481 e. The first-order valence-corrected chi connectivity index (χ1v) is 25.7. The van der Waals surface area contributed by atoms with Crippen molar-refractivity contribution in [2.75, 3.05) is 28.4 Å². The number of hydrogen-bond acceptors (Lipinski definition) is 22. The Kier molecular flexibility index (Phi) is 17.1. The Morgan fingerprint density at radius 2 is 0.684 bits per heavy atom. The van der Waals surface area contributed by atoms with Crippen LogP contribution in [-0.4, -0.2) is 215 Å². The highest BCUT2D eigenvalue weighted by atomic mass is 16.9. The van der Waals surface area contributed by atoms with Gasteiger partial charge in [0.15, 0.2) is 48.3 Å². The van der Waals surface area contributed by atoms with E-state index >= 15 is 0 Å². The van der Waals surface area contributed by atoms with E-state index in [1.54, 1.807) is 76.2 Å². The van der Waals surface area contributed by atoms with Gasteiger partial charge in [0, 0.05) is 47.7 Å². The lowest BCUT2D eigenvalue weighted by Gasteiger charge is -2.34. The van der Waals surface area contributed by atoms with E-state index < -0.39 is 207 Å². The van der Waals surface area contributed by atoms with Crippen LogP contribution in [0.4, 0.5) is 4.79 Å². The van der Waals surface area contributed by atoms with Crippen LogP contribution in [0.3, 0.4) is 0 Å². The van der Waals surface area contributed by atoms with Gasteiger partial charge in [-0.3, -0.25) is 19.2 Å². The molecule has 5 N–H and O–H groups in total. The van der Waals surface area contributed by atoms with Crippen LogP contribution >= 0.6 is 0 Å². The molecule has 8 saturated heterocycles. The lowest BCUT2D eigenvalue weighted by atomic mass is 9.96. The zero-order chi connectivity index (χ0) is 55.6. The Morgan fingerprint density at radius 3 is 0.921 bits per heavy atom. The number of fused-ring (bicyclic) bond motifs is 4. The molecule has 0 aromatic carbocycles. The second-order valence-corrected chi connectivity index (χ2v) is 23.1. The maximum Gasteiger partial charge on any atom is 0.407 e. The highest BCUT2D eigenvalue weighted by Crippen LogP contribution is 2.44. The third-order valence-corrected chi connectivity index (χ3v) is 14.1. The third kappa shape index (κ3) is 13.1. The molecule has 27 nitrogen and oxygen atoms in total. The van der Waals surface area contributed by atoms with Gasteiger partial charge in [0.2, 0.25) is 17.7 Å². The fourth-order valence-corrected chi connectivity index (χ4v) is 11.4. The van der Waals surface area contributed by atoms with Crippen molar-refractivity contribution in [2.45, 2.75) is 253 Å². The average Bonchev–Trinajstić information content (AvgIpc) is 4.15. The number of rotatable bonds is 20. The predicted octanol–water partition coefficient (Wildman–Crippen LogP) is 0.545. The van der Waals surface area contributed by atoms with Crippen LogP contribution in [0.15, 0.2) is 0 Å². The molecular formula is C49H78N4O23. The number of methoxy groups -OCH3 is 4. The van der Waals surface area contributed by atoms with Crippen LogP contribution in [0, 0.1) is 0 Å². The molecule has 0 spiro atoms. The van der Waals surface area contributed by atoms with Crippen molar-refractivity contribution < 1.29 is 110 Å². The second kappa shape index (κ2) is 22.2. The normalized spacial score (nSPS) is 38.8. The zero-order valence-corrected chi connectivity index (χ0v) is 45.8. The van der Waals surface area contributed by atoms with Gasteiger partial charge in [-0.05, 0) is 76.2 Å². The van der Waals surface area contributed by atoms with Crippen LogP contribution in [0.2, 0.25) is 0 Å². The van der Waals surface area contributed by atoms with Gasteiger partial charge in [0.1, 0.15) is 78.8 Å². The Hall–Kier alpha value is -3.49. The first kappa shape index (κ1) is 58.7. The maximum atomic E-state index is 14.8. The number of carboxylic acid groups (broad SMARTS) is 1. The minimum Gasteiger partial charge on any atom is -0.481 e. The van der Waals surface area contributed by atoms with Crippen molar-refractivity contribution in [1.29, 1.82) is 0 Å². The molecule has 0 aromatic rings.